The normalized spacial score (nSPS) is 12.2. The quantitative estimate of drug-likeness (QED) is 0.776. The first-order valence-corrected chi connectivity index (χ1v) is 8.89. The molecular weight excluding hydrogens is 327 g/mol. The van der Waals surface area contributed by atoms with Gasteiger partial charge in [-0.3, -0.25) is 0 Å². The molecule has 0 N–H and O–H groups in total. The summed E-state index contributed by atoms with van der Waals surface area (Å²) in [4.78, 5) is -1.42. The summed E-state index contributed by atoms with van der Waals surface area (Å²) in [5.41, 5.74) is 0. The molecule has 6 nitrogen and oxygen atoms in total. The maximum atomic E-state index is 11.5. The van der Waals surface area contributed by atoms with Crippen LogP contribution in [0.15, 0.2) is 21.9 Å². The van der Waals surface area contributed by atoms with E-state index in [1.165, 1.54) is 13.2 Å². The molecule has 0 atom stereocenters. The van der Waals surface area contributed by atoms with E-state index in [4.69, 9.17) is 30.8 Å². The van der Waals surface area contributed by atoms with Gasteiger partial charge in [0.15, 0.2) is 11.5 Å². The topological polar surface area (TPSA) is 86.7 Å². The summed E-state index contributed by atoms with van der Waals surface area (Å²) in [6.07, 6.45) is 0. The standard InChI is InChI=1S/C8H8Cl2O6S2/c1-15-5-3-4-6(17(9,11)12)8(7(5)16-2)18(10,13)14/h3-4H,1-2H3. The van der Waals surface area contributed by atoms with Crippen LogP contribution >= 0.6 is 21.4 Å². The molecular formula is C8H8Cl2O6S2. The fraction of sp³-hybridized carbons (Fsp3) is 0.250. The summed E-state index contributed by atoms with van der Waals surface area (Å²) in [6, 6.07) is 2.18. The van der Waals surface area contributed by atoms with Gasteiger partial charge in [-0.2, -0.15) is 0 Å². The Bertz CT molecular complexity index is 665. The minimum absolute atomic E-state index is 0.0146. The molecule has 102 valence electrons. The van der Waals surface area contributed by atoms with Gasteiger partial charge in [-0.25, -0.2) is 16.8 Å². The van der Waals surface area contributed by atoms with Crippen LogP contribution in [0.2, 0.25) is 0 Å². The van der Waals surface area contributed by atoms with E-state index >= 15 is 0 Å². The Kier molecular flexibility index (Phi) is 4.37. The zero-order valence-corrected chi connectivity index (χ0v) is 12.3. The minimum atomic E-state index is -4.39. The molecule has 0 aromatic heterocycles. The summed E-state index contributed by atoms with van der Waals surface area (Å²) >= 11 is 0. The second-order valence-corrected chi connectivity index (χ2v) is 8.04. The number of ether oxygens (including phenoxy) is 2. The molecule has 0 radical (unpaired) electrons. The Morgan fingerprint density at radius 3 is 1.83 bits per heavy atom. The molecule has 0 fully saturated rings. The fourth-order valence-electron chi connectivity index (χ4n) is 1.30. The van der Waals surface area contributed by atoms with Crippen LogP contribution in [0, 0.1) is 0 Å². The molecule has 0 amide bonds. The van der Waals surface area contributed by atoms with Crippen LogP contribution in [0.5, 0.6) is 11.5 Å². The number of halogens is 2. The highest BCUT2D eigenvalue weighted by Crippen LogP contribution is 2.41. The molecule has 0 bridgehead atoms. The molecule has 0 aliphatic rings. The first-order valence-electron chi connectivity index (χ1n) is 4.27. The van der Waals surface area contributed by atoms with Crippen LogP contribution in [0.25, 0.3) is 0 Å². The molecule has 18 heavy (non-hydrogen) atoms. The summed E-state index contributed by atoms with van der Waals surface area (Å²) in [7, 11) is 4.06. The van der Waals surface area contributed by atoms with Crippen molar-refractivity contribution in [3.63, 3.8) is 0 Å². The number of hydrogen-bond donors (Lipinski definition) is 0. The van der Waals surface area contributed by atoms with Crippen molar-refractivity contribution in [2.45, 2.75) is 9.79 Å². The molecule has 1 rings (SSSR count). The van der Waals surface area contributed by atoms with E-state index < -0.39 is 27.9 Å². The van der Waals surface area contributed by atoms with Crippen molar-refractivity contribution in [3.8, 4) is 11.5 Å². The summed E-state index contributed by atoms with van der Waals surface area (Å²) < 4.78 is 55.2. The third-order valence-corrected chi connectivity index (χ3v) is 4.82. The summed E-state index contributed by atoms with van der Waals surface area (Å²) in [5, 5.41) is 0. The average molecular weight is 335 g/mol. The van der Waals surface area contributed by atoms with E-state index in [1.807, 2.05) is 0 Å². The largest absolute Gasteiger partial charge is 0.493 e. The monoisotopic (exact) mass is 334 g/mol. The molecule has 1 aromatic rings. The first kappa shape index (κ1) is 15.4. The van der Waals surface area contributed by atoms with Gasteiger partial charge < -0.3 is 9.47 Å². The third-order valence-electron chi connectivity index (χ3n) is 1.97. The lowest BCUT2D eigenvalue weighted by molar-refractivity contribution is 0.345. The number of rotatable bonds is 4. The van der Waals surface area contributed by atoms with Gasteiger partial charge in [0.1, 0.15) is 9.79 Å². The molecule has 0 unspecified atom stereocenters. The highest BCUT2D eigenvalue weighted by molar-refractivity contribution is 8.16. The lowest BCUT2D eigenvalue weighted by atomic mass is 10.3. The van der Waals surface area contributed by atoms with Gasteiger partial charge in [0.25, 0.3) is 18.1 Å². The van der Waals surface area contributed by atoms with Crippen molar-refractivity contribution in [1.29, 1.82) is 0 Å². The zero-order valence-electron chi connectivity index (χ0n) is 9.18. The molecule has 10 heteroatoms. The van der Waals surface area contributed by atoms with Crippen molar-refractivity contribution < 1.29 is 26.3 Å². The van der Waals surface area contributed by atoms with E-state index in [9.17, 15) is 16.8 Å². The first-order chi connectivity index (χ1) is 8.12. The van der Waals surface area contributed by atoms with E-state index in [0.29, 0.717) is 0 Å². The number of methoxy groups -OCH3 is 2. The van der Waals surface area contributed by atoms with Gasteiger partial charge in [-0.05, 0) is 12.1 Å². The van der Waals surface area contributed by atoms with Crippen LogP contribution in [0.3, 0.4) is 0 Å². The molecule has 0 saturated heterocycles. The van der Waals surface area contributed by atoms with E-state index in [-0.39, 0.29) is 11.5 Å². The fourth-order valence-corrected chi connectivity index (χ4v) is 4.34. The van der Waals surface area contributed by atoms with Gasteiger partial charge in [-0.1, -0.05) is 0 Å². The second-order valence-electron chi connectivity index (χ2n) is 3.00. The smallest absolute Gasteiger partial charge is 0.266 e. The predicted molar refractivity (Wildman–Crippen MR) is 65.6 cm³/mol. The van der Waals surface area contributed by atoms with Crippen molar-refractivity contribution >= 4 is 39.5 Å². The molecule has 0 heterocycles. The van der Waals surface area contributed by atoms with Crippen LogP contribution in [0.4, 0.5) is 0 Å². The highest BCUT2D eigenvalue weighted by atomic mass is 35.7. The van der Waals surface area contributed by atoms with Crippen LogP contribution in [-0.4, -0.2) is 31.1 Å². The van der Waals surface area contributed by atoms with E-state index in [0.717, 1.165) is 13.2 Å². The SMILES string of the molecule is COc1ccc(S(=O)(=O)Cl)c(S(=O)(=O)Cl)c1OC. The highest BCUT2D eigenvalue weighted by Gasteiger charge is 2.30. The van der Waals surface area contributed by atoms with Gasteiger partial charge in [0.2, 0.25) is 0 Å². The van der Waals surface area contributed by atoms with Crippen molar-refractivity contribution in [2.24, 2.45) is 0 Å². The van der Waals surface area contributed by atoms with Gasteiger partial charge in [0, 0.05) is 21.4 Å². The van der Waals surface area contributed by atoms with E-state index in [2.05, 4.69) is 0 Å². The van der Waals surface area contributed by atoms with Crippen molar-refractivity contribution in [1.82, 2.24) is 0 Å². The average Bonchev–Trinajstić information content (AvgIpc) is 2.24. The van der Waals surface area contributed by atoms with Crippen LogP contribution in [0.1, 0.15) is 0 Å². The van der Waals surface area contributed by atoms with Gasteiger partial charge >= 0.3 is 0 Å². The molecule has 0 aliphatic carbocycles. The number of benzene rings is 1. The molecule has 0 aliphatic heterocycles. The van der Waals surface area contributed by atoms with Gasteiger partial charge in [-0.15, -0.1) is 0 Å². The molecule has 0 spiro atoms. The van der Waals surface area contributed by atoms with Gasteiger partial charge in [0.05, 0.1) is 14.2 Å². The Morgan fingerprint density at radius 2 is 1.50 bits per heavy atom. The molecule has 0 saturated carbocycles. The lowest BCUT2D eigenvalue weighted by Crippen LogP contribution is -2.05. The predicted octanol–water partition coefficient (Wildman–Crippen LogP) is 1.56. The third kappa shape index (κ3) is 3.00. The maximum Gasteiger partial charge on any atom is 0.266 e. The van der Waals surface area contributed by atoms with Crippen LogP contribution < -0.4 is 9.47 Å². The Hall–Kier alpha value is -0.700. The van der Waals surface area contributed by atoms with Crippen molar-refractivity contribution in [3.05, 3.63) is 12.1 Å². The zero-order chi connectivity index (χ0) is 14.1. The number of hydrogen-bond acceptors (Lipinski definition) is 6. The minimum Gasteiger partial charge on any atom is -0.493 e. The maximum absolute atomic E-state index is 11.5. The van der Waals surface area contributed by atoms with Crippen molar-refractivity contribution in [2.75, 3.05) is 14.2 Å². The Labute approximate surface area is 113 Å². The Morgan fingerprint density at radius 1 is 0.944 bits per heavy atom. The second kappa shape index (κ2) is 5.12. The summed E-state index contributed by atoms with van der Waals surface area (Å²) in [6.45, 7) is 0. The lowest BCUT2D eigenvalue weighted by Gasteiger charge is -2.13. The van der Waals surface area contributed by atoms with E-state index in [1.54, 1.807) is 0 Å². The molecule has 1 aromatic carbocycles. The Balaban J connectivity index is 3.90. The van der Waals surface area contributed by atoms with Crippen LogP contribution in [-0.2, 0) is 18.1 Å². The summed E-state index contributed by atoms with van der Waals surface area (Å²) in [5.74, 6) is -0.310.